The molecule has 2 N–H and O–H groups in total. The highest BCUT2D eigenvalue weighted by Crippen LogP contribution is 2.44. The van der Waals surface area contributed by atoms with Gasteiger partial charge < -0.3 is 10.6 Å². The summed E-state index contributed by atoms with van der Waals surface area (Å²) >= 11 is 0. The highest BCUT2D eigenvalue weighted by atomic mass is 19.1. The molecule has 0 radical (unpaired) electrons. The molecule has 0 spiro atoms. The lowest BCUT2D eigenvalue weighted by Gasteiger charge is -2.40. The number of hydrogen-bond acceptors (Lipinski definition) is 2. The van der Waals surface area contributed by atoms with Crippen molar-refractivity contribution in [2.75, 3.05) is 10.6 Å². The molecule has 134 valence electrons. The van der Waals surface area contributed by atoms with E-state index in [0.717, 1.165) is 37.7 Å². The molecule has 2 amide bonds. The van der Waals surface area contributed by atoms with E-state index in [4.69, 9.17) is 0 Å². The molecule has 0 aliphatic heterocycles. The van der Waals surface area contributed by atoms with Gasteiger partial charge in [0.15, 0.2) is 0 Å². The van der Waals surface area contributed by atoms with Gasteiger partial charge in [0.05, 0.1) is 5.41 Å². The predicted molar refractivity (Wildman–Crippen MR) is 98.4 cm³/mol. The summed E-state index contributed by atoms with van der Waals surface area (Å²) < 4.78 is 13.2. The van der Waals surface area contributed by atoms with E-state index in [9.17, 15) is 14.0 Å². The van der Waals surface area contributed by atoms with Gasteiger partial charge >= 0.3 is 0 Å². The van der Waals surface area contributed by atoms with Crippen molar-refractivity contribution < 1.29 is 14.0 Å². The number of nitrogens with one attached hydrogen (secondary N) is 2. The maximum absolute atomic E-state index is 13.2. The Bertz CT molecular complexity index is 839. The molecule has 0 bridgehead atoms. The van der Waals surface area contributed by atoms with E-state index >= 15 is 0 Å². The third-order valence-electron chi connectivity index (χ3n) is 5.37. The Morgan fingerprint density at radius 2 is 1.62 bits per heavy atom. The van der Waals surface area contributed by atoms with E-state index in [-0.39, 0.29) is 23.5 Å². The highest BCUT2D eigenvalue weighted by molar-refractivity contribution is 6.01. The van der Waals surface area contributed by atoms with Gasteiger partial charge in [0, 0.05) is 17.3 Å². The zero-order valence-electron chi connectivity index (χ0n) is 14.4. The molecule has 0 heterocycles. The minimum absolute atomic E-state index is 0.0373. The second-order valence-electron chi connectivity index (χ2n) is 7.24. The fraction of sp³-hybridized carbons (Fsp3) is 0.333. The zero-order valence-corrected chi connectivity index (χ0v) is 14.4. The molecule has 4 rings (SSSR count). The minimum Gasteiger partial charge on any atom is -0.326 e. The highest BCUT2D eigenvalue weighted by Gasteiger charge is 2.45. The van der Waals surface area contributed by atoms with Crippen molar-refractivity contribution in [3.8, 4) is 0 Å². The largest absolute Gasteiger partial charge is 0.326 e. The number of carbonyl (C=O) groups excluding carboxylic acids is 2. The Hall–Kier alpha value is -2.69. The van der Waals surface area contributed by atoms with Gasteiger partial charge in [-0.3, -0.25) is 9.59 Å². The molecule has 2 aromatic rings. The Morgan fingerprint density at radius 3 is 2.19 bits per heavy atom. The van der Waals surface area contributed by atoms with Crippen LogP contribution in [0, 0.1) is 11.7 Å². The number of rotatable bonds is 5. The summed E-state index contributed by atoms with van der Waals surface area (Å²) in [5.41, 5.74) is 1.59. The number of benzene rings is 2. The minimum atomic E-state index is -0.596. The van der Waals surface area contributed by atoms with Crippen molar-refractivity contribution >= 4 is 23.2 Å². The molecule has 0 unspecified atom stereocenters. The lowest BCUT2D eigenvalue weighted by molar-refractivity contribution is -0.124. The van der Waals surface area contributed by atoms with Gasteiger partial charge in [-0.1, -0.05) is 24.6 Å². The van der Waals surface area contributed by atoms with E-state index in [1.54, 1.807) is 18.2 Å². The zero-order chi connectivity index (χ0) is 18.1. The van der Waals surface area contributed by atoms with Gasteiger partial charge in [-0.2, -0.15) is 0 Å². The van der Waals surface area contributed by atoms with E-state index in [1.165, 1.54) is 12.1 Å². The lowest BCUT2D eigenvalue weighted by atomic mass is 9.64. The van der Waals surface area contributed by atoms with E-state index in [1.807, 2.05) is 18.2 Å². The van der Waals surface area contributed by atoms with E-state index in [2.05, 4.69) is 10.6 Å². The van der Waals surface area contributed by atoms with Crippen molar-refractivity contribution in [3.63, 3.8) is 0 Å². The van der Waals surface area contributed by atoms with Crippen LogP contribution in [0.25, 0.3) is 0 Å². The van der Waals surface area contributed by atoms with Crippen LogP contribution in [0.1, 0.15) is 37.7 Å². The average molecular weight is 352 g/mol. The number of hydrogen-bond donors (Lipinski definition) is 2. The molecule has 0 atom stereocenters. The second-order valence-corrected chi connectivity index (χ2v) is 7.24. The van der Waals surface area contributed by atoms with Crippen LogP contribution in [0.5, 0.6) is 0 Å². The summed E-state index contributed by atoms with van der Waals surface area (Å²) in [6.45, 7) is 0. The molecular formula is C21H21FN2O2. The second kappa shape index (κ2) is 6.56. The molecule has 2 aromatic carbocycles. The van der Waals surface area contributed by atoms with Crippen molar-refractivity contribution in [3.05, 3.63) is 59.9 Å². The molecule has 4 nitrogen and oxygen atoms in total. The number of amides is 2. The first-order valence-electron chi connectivity index (χ1n) is 9.05. The van der Waals surface area contributed by atoms with Crippen LogP contribution < -0.4 is 10.6 Å². The van der Waals surface area contributed by atoms with Crippen molar-refractivity contribution in [1.29, 1.82) is 0 Å². The topological polar surface area (TPSA) is 58.2 Å². The van der Waals surface area contributed by atoms with E-state index < -0.39 is 5.41 Å². The monoisotopic (exact) mass is 352 g/mol. The third-order valence-corrected chi connectivity index (χ3v) is 5.37. The summed E-state index contributed by atoms with van der Waals surface area (Å²) in [7, 11) is 0. The van der Waals surface area contributed by atoms with Gasteiger partial charge in [0.2, 0.25) is 11.8 Å². The number of carbonyl (C=O) groups is 2. The number of anilines is 2. The summed E-state index contributed by atoms with van der Waals surface area (Å²) in [6.07, 6.45) is 4.37. The van der Waals surface area contributed by atoms with Crippen LogP contribution in [0.15, 0.2) is 48.5 Å². The van der Waals surface area contributed by atoms with Crippen LogP contribution in [0.3, 0.4) is 0 Å². The molecule has 2 fully saturated rings. The first-order chi connectivity index (χ1) is 12.6. The van der Waals surface area contributed by atoms with Gasteiger partial charge in [-0.25, -0.2) is 4.39 Å². The summed E-state index contributed by atoms with van der Waals surface area (Å²) in [5, 5.41) is 5.86. The fourth-order valence-electron chi connectivity index (χ4n) is 3.46. The van der Waals surface area contributed by atoms with Gasteiger partial charge in [-0.15, -0.1) is 0 Å². The Kier molecular flexibility index (Phi) is 4.23. The average Bonchev–Trinajstić information content (AvgIpc) is 3.41. The molecular weight excluding hydrogens is 331 g/mol. The Balaban J connectivity index is 1.50. The fourth-order valence-corrected chi connectivity index (χ4v) is 3.46. The van der Waals surface area contributed by atoms with Crippen LogP contribution in [0.4, 0.5) is 15.8 Å². The van der Waals surface area contributed by atoms with Crippen molar-refractivity contribution in [1.82, 2.24) is 0 Å². The van der Waals surface area contributed by atoms with Crippen LogP contribution in [-0.2, 0) is 15.0 Å². The van der Waals surface area contributed by atoms with Crippen molar-refractivity contribution in [2.24, 2.45) is 5.92 Å². The molecule has 0 saturated heterocycles. The quantitative estimate of drug-likeness (QED) is 0.846. The standard InChI is InChI=1S/C21H21FN2O2/c22-16-9-7-15(8-10-16)21(11-2-12-21)20(26)24-18-4-1-3-17(13-18)23-19(25)14-5-6-14/h1,3-4,7-10,13-14H,2,5-6,11-12H2,(H,23,25)(H,24,26). The normalized spacial score (nSPS) is 17.9. The van der Waals surface area contributed by atoms with Crippen molar-refractivity contribution in [2.45, 2.75) is 37.5 Å². The smallest absolute Gasteiger partial charge is 0.235 e. The maximum atomic E-state index is 13.2. The molecule has 0 aromatic heterocycles. The SMILES string of the molecule is O=C(Nc1cccc(NC(=O)C2(c3ccc(F)cc3)CCC2)c1)C1CC1. The Labute approximate surface area is 151 Å². The van der Waals surface area contributed by atoms with Gasteiger partial charge in [-0.05, 0) is 61.6 Å². The molecule has 26 heavy (non-hydrogen) atoms. The molecule has 2 aliphatic carbocycles. The maximum Gasteiger partial charge on any atom is 0.235 e. The molecule has 2 saturated carbocycles. The van der Waals surface area contributed by atoms with Crippen LogP contribution in [0.2, 0.25) is 0 Å². The molecule has 5 heteroatoms. The van der Waals surface area contributed by atoms with Crippen LogP contribution in [-0.4, -0.2) is 11.8 Å². The summed E-state index contributed by atoms with van der Waals surface area (Å²) in [4.78, 5) is 24.9. The van der Waals surface area contributed by atoms with Crippen LogP contribution >= 0.6 is 0 Å². The van der Waals surface area contributed by atoms with Gasteiger partial charge in [0.1, 0.15) is 5.82 Å². The summed E-state index contributed by atoms with van der Waals surface area (Å²) in [6, 6.07) is 13.4. The summed E-state index contributed by atoms with van der Waals surface area (Å²) in [5.74, 6) is -0.219. The first kappa shape index (κ1) is 16.8. The first-order valence-corrected chi connectivity index (χ1v) is 9.05. The lowest BCUT2D eigenvalue weighted by Crippen LogP contribution is -2.46. The third kappa shape index (κ3) is 3.21. The van der Waals surface area contributed by atoms with E-state index in [0.29, 0.717) is 11.4 Å². The molecule has 2 aliphatic rings. The van der Waals surface area contributed by atoms with Gasteiger partial charge in [0.25, 0.3) is 0 Å². The predicted octanol–water partition coefficient (Wildman–Crippen LogP) is 4.23. The Morgan fingerprint density at radius 1 is 0.962 bits per heavy atom. The number of halogens is 1.